The number of aromatic nitrogens is 2. The molecule has 0 amide bonds. The molecule has 1 N–H and O–H groups in total. The lowest BCUT2D eigenvalue weighted by Crippen LogP contribution is -2.15. The van der Waals surface area contributed by atoms with Crippen molar-refractivity contribution in [1.29, 1.82) is 0 Å². The third-order valence-electron chi connectivity index (χ3n) is 3.04. The maximum Gasteiger partial charge on any atom is 0.147 e. The quantitative estimate of drug-likeness (QED) is 0.820. The highest BCUT2D eigenvalue weighted by Gasteiger charge is 2.10. The average Bonchev–Trinajstić information content (AvgIpc) is 2.83. The van der Waals surface area contributed by atoms with Gasteiger partial charge in [-0.2, -0.15) is 0 Å². The minimum absolute atomic E-state index is 0.303. The highest BCUT2D eigenvalue weighted by molar-refractivity contribution is 5.81. The van der Waals surface area contributed by atoms with E-state index in [-0.39, 0.29) is 0 Å². The number of imidazole rings is 1. The van der Waals surface area contributed by atoms with Crippen LogP contribution >= 0.6 is 0 Å². The molecule has 0 aliphatic rings. The van der Waals surface area contributed by atoms with E-state index in [0.29, 0.717) is 6.10 Å². The Morgan fingerprint density at radius 2 is 2.24 bits per heavy atom. The van der Waals surface area contributed by atoms with E-state index in [1.807, 2.05) is 18.2 Å². The van der Waals surface area contributed by atoms with Crippen molar-refractivity contribution >= 4 is 11.0 Å². The number of ether oxygens (including phenoxy) is 1. The Labute approximate surface area is 102 Å². The van der Waals surface area contributed by atoms with Crippen LogP contribution in [0.15, 0.2) is 24.5 Å². The smallest absolute Gasteiger partial charge is 0.147 e. The first-order chi connectivity index (χ1) is 8.35. The first kappa shape index (κ1) is 12.0. The molecule has 0 fully saturated rings. The standard InChI is InChI=1S/C14H20N2O/c1-3-5-7-11(4-2)17-13-9-6-8-12-14(13)16-10-15-12/h6,8-11H,3-5,7H2,1-2H3,(H,15,16). The summed E-state index contributed by atoms with van der Waals surface area (Å²) in [4.78, 5) is 7.41. The number of unbranched alkanes of at least 4 members (excludes halogenated alkanes) is 1. The normalized spacial score (nSPS) is 12.8. The fourth-order valence-electron chi connectivity index (χ4n) is 1.99. The average molecular weight is 232 g/mol. The van der Waals surface area contributed by atoms with E-state index in [0.717, 1.165) is 29.6 Å². The number of rotatable bonds is 6. The topological polar surface area (TPSA) is 37.9 Å². The summed E-state index contributed by atoms with van der Waals surface area (Å²) in [6.45, 7) is 4.38. The summed E-state index contributed by atoms with van der Waals surface area (Å²) >= 11 is 0. The van der Waals surface area contributed by atoms with E-state index in [2.05, 4.69) is 23.8 Å². The van der Waals surface area contributed by atoms with Crippen molar-refractivity contribution < 1.29 is 4.74 Å². The molecule has 1 aromatic heterocycles. The molecule has 92 valence electrons. The Morgan fingerprint density at radius 3 is 3.00 bits per heavy atom. The summed E-state index contributed by atoms with van der Waals surface area (Å²) in [7, 11) is 0. The van der Waals surface area contributed by atoms with Crippen molar-refractivity contribution in [1.82, 2.24) is 9.97 Å². The molecule has 0 radical (unpaired) electrons. The van der Waals surface area contributed by atoms with Gasteiger partial charge in [-0.1, -0.05) is 32.8 Å². The van der Waals surface area contributed by atoms with E-state index in [9.17, 15) is 0 Å². The van der Waals surface area contributed by atoms with Gasteiger partial charge in [0.25, 0.3) is 0 Å². The first-order valence-electron chi connectivity index (χ1n) is 6.44. The Bertz CT molecular complexity index is 464. The molecule has 0 spiro atoms. The summed E-state index contributed by atoms with van der Waals surface area (Å²) in [6.07, 6.45) is 6.61. The molecular formula is C14H20N2O. The minimum atomic E-state index is 0.303. The minimum Gasteiger partial charge on any atom is -0.488 e. The molecule has 3 heteroatoms. The fourth-order valence-corrected chi connectivity index (χ4v) is 1.99. The van der Waals surface area contributed by atoms with Crippen molar-refractivity contribution in [3.63, 3.8) is 0 Å². The molecule has 1 heterocycles. The van der Waals surface area contributed by atoms with Crippen LogP contribution in [0.1, 0.15) is 39.5 Å². The number of benzene rings is 1. The zero-order chi connectivity index (χ0) is 12.1. The van der Waals surface area contributed by atoms with Crippen LogP contribution in [0, 0.1) is 0 Å². The molecule has 0 saturated heterocycles. The van der Waals surface area contributed by atoms with Gasteiger partial charge in [-0.25, -0.2) is 4.98 Å². The molecule has 1 atom stereocenters. The number of hydrogen-bond donors (Lipinski definition) is 1. The molecule has 0 aliphatic carbocycles. The molecule has 1 aromatic carbocycles. The Kier molecular flexibility index (Phi) is 4.02. The summed E-state index contributed by atoms with van der Waals surface area (Å²) in [6, 6.07) is 6.02. The van der Waals surface area contributed by atoms with Gasteiger partial charge in [0.1, 0.15) is 11.3 Å². The molecule has 3 nitrogen and oxygen atoms in total. The predicted molar refractivity (Wildman–Crippen MR) is 70.3 cm³/mol. The van der Waals surface area contributed by atoms with Crippen LogP contribution in [0.2, 0.25) is 0 Å². The number of fused-ring (bicyclic) bond motifs is 1. The predicted octanol–water partition coefficient (Wildman–Crippen LogP) is 3.91. The van der Waals surface area contributed by atoms with Crippen LogP contribution in [0.25, 0.3) is 11.0 Å². The van der Waals surface area contributed by atoms with Gasteiger partial charge in [-0.05, 0) is 25.0 Å². The third kappa shape index (κ3) is 2.78. The van der Waals surface area contributed by atoms with E-state index >= 15 is 0 Å². The zero-order valence-electron chi connectivity index (χ0n) is 10.6. The van der Waals surface area contributed by atoms with Crippen LogP contribution in [0.3, 0.4) is 0 Å². The highest BCUT2D eigenvalue weighted by atomic mass is 16.5. The van der Waals surface area contributed by atoms with Crippen LogP contribution in [0.4, 0.5) is 0 Å². The van der Waals surface area contributed by atoms with Crippen LogP contribution < -0.4 is 4.74 Å². The van der Waals surface area contributed by atoms with Gasteiger partial charge in [0, 0.05) is 0 Å². The number of aromatic amines is 1. The summed E-state index contributed by atoms with van der Waals surface area (Å²) in [5.41, 5.74) is 1.97. The van der Waals surface area contributed by atoms with Crippen molar-refractivity contribution in [2.45, 2.75) is 45.6 Å². The SMILES string of the molecule is CCCCC(CC)Oc1cccc2[nH]cnc12. The van der Waals surface area contributed by atoms with Crippen molar-refractivity contribution in [3.8, 4) is 5.75 Å². The number of hydrogen-bond acceptors (Lipinski definition) is 2. The third-order valence-corrected chi connectivity index (χ3v) is 3.04. The van der Waals surface area contributed by atoms with Crippen LogP contribution in [0.5, 0.6) is 5.75 Å². The maximum atomic E-state index is 6.05. The Balaban J connectivity index is 2.13. The number of nitrogens with zero attached hydrogens (tertiary/aromatic N) is 1. The molecule has 1 unspecified atom stereocenters. The lowest BCUT2D eigenvalue weighted by Gasteiger charge is -2.17. The van der Waals surface area contributed by atoms with E-state index < -0.39 is 0 Å². The first-order valence-corrected chi connectivity index (χ1v) is 6.44. The molecule has 17 heavy (non-hydrogen) atoms. The lowest BCUT2D eigenvalue weighted by atomic mass is 10.1. The second-order valence-corrected chi connectivity index (χ2v) is 4.35. The zero-order valence-corrected chi connectivity index (χ0v) is 10.6. The number of nitrogens with one attached hydrogen (secondary N) is 1. The number of H-pyrrole nitrogens is 1. The molecule has 2 rings (SSSR count). The van der Waals surface area contributed by atoms with E-state index in [1.54, 1.807) is 6.33 Å². The summed E-state index contributed by atoms with van der Waals surface area (Å²) in [5, 5.41) is 0. The molecular weight excluding hydrogens is 212 g/mol. The second kappa shape index (κ2) is 5.71. The van der Waals surface area contributed by atoms with Gasteiger partial charge >= 0.3 is 0 Å². The van der Waals surface area contributed by atoms with Gasteiger partial charge in [0.15, 0.2) is 0 Å². The molecule has 0 aliphatic heterocycles. The largest absolute Gasteiger partial charge is 0.488 e. The Hall–Kier alpha value is -1.51. The van der Waals surface area contributed by atoms with E-state index in [1.165, 1.54) is 12.8 Å². The van der Waals surface area contributed by atoms with Crippen LogP contribution in [-0.2, 0) is 0 Å². The van der Waals surface area contributed by atoms with Gasteiger partial charge in [-0.15, -0.1) is 0 Å². The summed E-state index contributed by atoms with van der Waals surface area (Å²) in [5.74, 6) is 0.895. The van der Waals surface area contributed by atoms with E-state index in [4.69, 9.17) is 4.74 Å². The van der Waals surface area contributed by atoms with Crippen LogP contribution in [-0.4, -0.2) is 16.1 Å². The Morgan fingerprint density at radius 1 is 1.35 bits per heavy atom. The maximum absolute atomic E-state index is 6.05. The molecule has 2 aromatic rings. The lowest BCUT2D eigenvalue weighted by molar-refractivity contribution is 0.185. The van der Waals surface area contributed by atoms with Crippen molar-refractivity contribution in [3.05, 3.63) is 24.5 Å². The molecule has 0 bridgehead atoms. The van der Waals surface area contributed by atoms with Gasteiger partial charge in [0.05, 0.1) is 17.9 Å². The van der Waals surface area contributed by atoms with Gasteiger partial charge in [-0.3, -0.25) is 0 Å². The number of para-hydroxylation sites is 1. The highest BCUT2D eigenvalue weighted by Crippen LogP contribution is 2.24. The fraction of sp³-hybridized carbons (Fsp3) is 0.500. The monoisotopic (exact) mass is 232 g/mol. The van der Waals surface area contributed by atoms with Crippen molar-refractivity contribution in [2.75, 3.05) is 0 Å². The van der Waals surface area contributed by atoms with Crippen molar-refractivity contribution in [2.24, 2.45) is 0 Å². The molecule has 0 saturated carbocycles. The second-order valence-electron chi connectivity index (χ2n) is 4.35. The van der Waals surface area contributed by atoms with Gasteiger partial charge in [0.2, 0.25) is 0 Å². The van der Waals surface area contributed by atoms with Gasteiger partial charge < -0.3 is 9.72 Å². The summed E-state index contributed by atoms with van der Waals surface area (Å²) < 4.78 is 6.05.